The summed E-state index contributed by atoms with van der Waals surface area (Å²) < 4.78 is 0. The molecule has 1 atom stereocenters. The topological polar surface area (TPSA) is 66.5 Å². The average Bonchev–Trinajstić information content (AvgIpc) is 2.49. The van der Waals surface area contributed by atoms with Crippen LogP contribution in [0.5, 0.6) is 0 Å². The summed E-state index contributed by atoms with van der Waals surface area (Å²) >= 11 is 0. The molecule has 2 aliphatic heterocycles. The minimum atomic E-state index is -0.281. The highest BCUT2D eigenvalue weighted by Crippen LogP contribution is 2.15. The number of imide groups is 1. The first-order chi connectivity index (χ1) is 6.68. The first-order valence-electron chi connectivity index (χ1n) is 4.50. The van der Waals surface area contributed by atoms with Crippen LogP contribution in [0.25, 0.3) is 0 Å². The van der Waals surface area contributed by atoms with Crippen molar-refractivity contribution in [2.45, 2.75) is 18.9 Å². The number of rotatable bonds is 1. The van der Waals surface area contributed by atoms with Crippen molar-refractivity contribution >= 4 is 17.7 Å². The Bertz CT molecular complexity index is 307. The van der Waals surface area contributed by atoms with Crippen LogP contribution in [0, 0.1) is 0 Å². The molecule has 0 aromatic heterocycles. The first-order valence-corrected chi connectivity index (χ1v) is 4.50. The fraction of sp³-hybridized carbons (Fsp3) is 0.444. The van der Waals surface area contributed by atoms with E-state index in [0.717, 1.165) is 0 Å². The Morgan fingerprint density at radius 3 is 2.36 bits per heavy atom. The summed E-state index contributed by atoms with van der Waals surface area (Å²) in [7, 11) is 0. The second-order valence-corrected chi connectivity index (χ2v) is 3.38. The standard InChI is InChI=1S/C9H10N2O3/c12-7-2-1-6(5-10-7)11-8(13)3-4-9(11)14/h3-4,6H,1-2,5H2,(H,10,12). The number of hydrogen-bond acceptors (Lipinski definition) is 3. The van der Waals surface area contributed by atoms with E-state index < -0.39 is 0 Å². The second kappa shape index (κ2) is 3.25. The Morgan fingerprint density at radius 1 is 1.21 bits per heavy atom. The number of nitrogens with one attached hydrogen (secondary N) is 1. The summed E-state index contributed by atoms with van der Waals surface area (Å²) in [5, 5.41) is 2.64. The van der Waals surface area contributed by atoms with Gasteiger partial charge in [-0.1, -0.05) is 0 Å². The van der Waals surface area contributed by atoms with Crippen LogP contribution in [0.1, 0.15) is 12.8 Å². The molecule has 2 aliphatic rings. The summed E-state index contributed by atoms with van der Waals surface area (Å²) in [6, 6.07) is -0.178. The fourth-order valence-electron chi connectivity index (χ4n) is 1.71. The average molecular weight is 194 g/mol. The van der Waals surface area contributed by atoms with Gasteiger partial charge in [-0.25, -0.2) is 0 Å². The quantitative estimate of drug-likeness (QED) is 0.555. The Hall–Kier alpha value is -1.65. The van der Waals surface area contributed by atoms with Crippen LogP contribution in [-0.2, 0) is 14.4 Å². The maximum atomic E-state index is 11.3. The van der Waals surface area contributed by atoms with Crippen molar-refractivity contribution in [3.8, 4) is 0 Å². The molecular weight excluding hydrogens is 184 g/mol. The van der Waals surface area contributed by atoms with E-state index in [2.05, 4.69) is 5.32 Å². The molecule has 2 rings (SSSR count). The molecule has 14 heavy (non-hydrogen) atoms. The molecule has 1 saturated heterocycles. The summed E-state index contributed by atoms with van der Waals surface area (Å²) in [5.41, 5.74) is 0. The summed E-state index contributed by atoms with van der Waals surface area (Å²) in [4.78, 5) is 34.6. The molecule has 0 saturated carbocycles. The van der Waals surface area contributed by atoms with Crippen molar-refractivity contribution in [2.75, 3.05) is 6.54 Å². The van der Waals surface area contributed by atoms with Crippen LogP contribution in [0.3, 0.4) is 0 Å². The van der Waals surface area contributed by atoms with Gasteiger partial charge >= 0.3 is 0 Å². The van der Waals surface area contributed by atoms with Gasteiger partial charge in [0, 0.05) is 25.1 Å². The van der Waals surface area contributed by atoms with Crippen molar-refractivity contribution in [3.63, 3.8) is 0 Å². The highest BCUT2D eigenvalue weighted by molar-refractivity contribution is 6.13. The van der Waals surface area contributed by atoms with Crippen LogP contribution >= 0.6 is 0 Å². The third kappa shape index (κ3) is 1.41. The summed E-state index contributed by atoms with van der Waals surface area (Å²) in [6.45, 7) is 0.373. The number of piperidine rings is 1. The number of nitrogens with zero attached hydrogens (tertiary/aromatic N) is 1. The van der Waals surface area contributed by atoms with Gasteiger partial charge in [0.1, 0.15) is 0 Å². The Kier molecular flexibility index (Phi) is 2.07. The molecule has 0 spiro atoms. The van der Waals surface area contributed by atoms with Gasteiger partial charge < -0.3 is 5.32 Å². The lowest BCUT2D eigenvalue weighted by Gasteiger charge is -2.29. The molecule has 1 fully saturated rings. The van der Waals surface area contributed by atoms with Gasteiger partial charge in [0.2, 0.25) is 5.91 Å². The van der Waals surface area contributed by atoms with E-state index in [4.69, 9.17) is 0 Å². The molecule has 1 N–H and O–H groups in total. The fourth-order valence-corrected chi connectivity index (χ4v) is 1.71. The van der Waals surface area contributed by atoms with Crippen LogP contribution in [0.15, 0.2) is 12.2 Å². The largest absolute Gasteiger partial charge is 0.354 e. The molecule has 0 aromatic rings. The molecule has 3 amide bonds. The van der Waals surface area contributed by atoms with Crippen molar-refractivity contribution in [1.29, 1.82) is 0 Å². The van der Waals surface area contributed by atoms with E-state index in [1.54, 1.807) is 0 Å². The van der Waals surface area contributed by atoms with Crippen LogP contribution in [-0.4, -0.2) is 35.2 Å². The number of carbonyl (C=O) groups is 3. The van der Waals surface area contributed by atoms with Gasteiger partial charge in [-0.2, -0.15) is 0 Å². The van der Waals surface area contributed by atoms with Crippen LogP contribution in [0.2, 0.25) is 0 Å². The monoisotopic (exact) mass is 194 g/mol. The molecule has 5 heteroatoms. The Labute approximate surface area is 80.8 Å². The Morgan fingerprint density at radius 2 is 1.86 bits per heavy atom. The minimum Gasteiger partial charge on any atom is -0.354 e. The van der Waals surface area contributed by atoms with E-state index in [0.29, 0.717) is 19.4 Å². The lowest BCUT2D eigenvalue weighted by Crippen LogP contribution is -2.50. The smallest absolute Gasteiger partial charge is 0.253 e. The van der Waals surface area contributed by atoms with Crippen molar-refractivity contribution in [1.82, 2.24) is 10.2 Å². The first kappa shape index (κ1) is 8.93. The van der Waals surface area contributed by atoms with Crippen LogP contribution < -0.4 is 5.32 Å². The van der Waals surface area contributed by atoms with E-state index >= 15 is 0 Å². The van der Waals surface area contributed by atoms with E-state index in [-0.39, 0.29) is 23.8 Å². The van der Waals surface area contributed by atoms with Gasteiger partial charge in [0.05, 0.1) is 6.04 Å². The van der Waals surface area contributed by atoms with Crippen molar-refractivity contribution in [2.24, 2.45) is 0 Å². The van der Waals surface area contributed by atoms with Crippen molar-refractivity contribution in [3.05, 3.63) is 12.2 Å². The van der Waals surface area contributed by atoms with E-state index in [9.17, 15) is 14.4 Å². The molecular formula is C9H10N2O3. The number of amides is 3. The molecule has 0 aromatic carbocycles. The Balaban J connectivity index is 2.05. The normalized spacial score (nSPS) is 27.0. The maximum absolute atomic E-state index is 11.3. The number of carbonyl (C=O) groups excluding carboxylic acids is 3. The molecule has 5 nitrogen and oxygen atoms in total. The van der Waals surface area contributed by atoms with E-state index in [1.165, 1.54) is 17.1 Å². The predicted octanol–water partition coefficient (Wildman–Crippen LogP) is -0.810. The molecule has 0 radical (unpaired) electrons. The highest BCUT2D eigenvalue weighted by atomic mass is 16.2. The van der Waals surface area contributed by atoms with Crippen molar-refractivity contribution < 1.29 is 14.4 Å². The van der Waals surface area contributed by atoms with Gasteiger partial charge in [-0.05, 0) is 6.42 Å². The predicted molar refractivity (Wildman–Crippen MR) is 47.0 cm³/mol. The second-order valence-electron chi connectivity index (χ2n) is 3.38. The van der Waals surface area contributed by atoms with E-state index in [1.807, 2.05) is 0 Å². The maximum Gasteiger partial charge on any atom is 0.253 e. The zero-order chi connectivity index (χ0) is 10.1. The lowest BCUT2D eigenvalue weighted by atomic mass is 10.1. The third-order valence-electron chi connectivity index (χ3n) is 2.45. The van der Waals surface area contributed by atoms with Gasteiger partial charge in [0.25, 0.3) is 11.8 Å². The minimum absolute atomic E-state index is 0.0201. The third-order valence-corrected chi connectivity index (χ3v) is 2.45. The van der Waals surface area contributed by atoms with Crippen LogP contribution in [0.4, 0.5) is 0 Å². The summed E-state index contributed by atoms with van der Waals surface area (Å²) in [6.07, 6.45) is 3.46. The summed E-state index contributed by atoms with van der Waals surface area (Å²) in [5.74, 6) is -0.583. The number of hydrogen-bond donors (Lipinski definition) is 1. The van der Waals surface area contributed by atoms with Gasteiger partial charge in [-0.3, -0.25) is 19.3 Å². The molecule has 0 bridgehead atoms. The van der Waals surface area contributed by atoms with Gasteiger partial charge in [-0.15, -0.1) is 0 Å². The zero-order valence-electron chi connectivity index (χ0n) is 7.53. The molecule has 74 valence electrons. The SMILES string of the molecule is O=C1CCC(N2C(=O)C=CC2=O)CN1. The van der Waals surface area contributed by atoms with Gasteiger partial charge in [0.15, 0.2) is 0 Å². The molecule has 2 heterocycles. The molecule has 0 aliphatic carbocycles. The lowest BCUT2D eigenvalue weighted by molar-refractivity contribution is -0.141. The molecule has 1 unspecified atom stereocenters. The zero-order valence-corrected chi connectivity index (χ0v) is 7.53. The highest BCUT2D eigenvalue weighted by Gasteiger charge is 2.33.